The average molecular weight is 1130 g/mol. The zero-order chi connectivity index (χ0) is 57.4. The van der Waals surface area contributed by atoms with Crippen LogP contribution in [0.2, 0.25) is 0 Å². The lowest BCUT2D eigenvalue weighted by Crippen LogP contribution is -2.65. The highest BCUT2D eigenvalue weighted by Gasteiger charge is 2.51. The molecule has 14 nitrogen and oxygen atoms in total. The van der Waals surface area contributed by atoms with Gasteiger partial charge in [-0.1, -0.05) is 263 Å². The monoisotopic (exact) mass is 1130 g/mol. The summed E-state index contributed by atoms with van der Waals surface area (Å²) in [7, 11) is 0. The molecule has 2 heterocycles. The van der Waals surface area contributed by atoms with Crippen molar-refractivity contribution in [3.63, 3.8) is 0 Å². The normalized spacial score (nSPS) is 24.5. The Morgan fingerprint density at radius 3 is 1.20 bits per heavy atom. The van der Waals surface area contributed by atoms with Gasteiger partial charge in [-0.3, -0.25) is 4.79 Å². The molecular weight excluding hydrogens is 1000 g/mol. The van der Waals surface area contributed by atoms with Crippen LogP contribution in [0.4, 0.5) is 0 Å². The Kier molecular flexibility index (Phi) is 47.4. The number of hydrogen-bond donors (Lipinski definition) is 9. The molecule has 466 valence electrons. The molecule has 2 aliphatic rings. The molecule has 12 atom stereocenters. The van der Waals surface area contributed by atoms with Crippen LogP contribution < -0.4 is 5.32 Å². The first-order chi connectivity index (χ1) is 38.6. The quantitative estimate of drug-likeness (QED) is 0.0204. The van der Waals surface area contributed by atoms with Gasteiger partial charge in [0, 0.05) is 6.42 Å². The molecule has 2 fully saturated rings. The summed E-state index contributed by atoms with van der Waals surface area (Å²) in [6, 6.07) is -0.917. The van der Waals surface area contributed by atoms with Gasteiger partial charge in [0.25, 0.3) is 0 Å². The molecule has 0 aromatic heterocycles. The zero-order valence-electron chi connectivity index (χ0n) is 50.4. The second-order valence-corrected chi connectivity index (χ2v) is 23.6. The van der Waals surface area contributed by atoms with Gasteiger partial charge in [0.1, 0.15) is 48.8 Å². The molecule has 0 radical (unpaired) electrons. The maximum atomic E-state index is 13.2. The van der Waals surface area contributed by atoms with Gasteiger partial charge in [-0.05, 0) is 44.9 Å². The Bertz CT molecular complexity index is 1420. The Labute approximate surface area is 481 Å². The van der Waals surface area contributed by atoms with Gasteiger partial charge in [0.05, 0.1) is 32.0 Å². The third kappa shape index (κ3) is 36.0. The molecule has 2 saturated heterocycles. The maximum absolute atomic E-state index is 13.2. The van der Waals surface area contributed by atoms with Gasteiger partial charge in [0.15, 0.2) is 12.6 Å². The number of nitrogens with one attached hydrogen (secondary N) is 1. The highest BCUT2D eigenvalue weighted by molar-refractivity contribution is 5.76. The number of aliphatic hydroxyl groups excluding tert-OH is 8. The largest absolute Gasteiger partial charge is 0.394 e. The Morgan fingerprint density at radius 2 is 0.797 bits per heavy atom. The van der Waals surface area contributed by atoms with Crippen LogP contribution in [0, 0.1) is 0 Å². The van der Waals surface area contributed by atoms with Crippen LogP contribution in [0.5, 0.6) is 0 Å². The molecule has 2 aliphatic heterocycles. The Morgan fingerprint density at radius 1 is 0.443 bits per heavy atom. The molecule has 0 aliphatic carbocycles. The first kappa shape index (κ1) is 73.6. The van der Waals surface area contributed by atoms with E-state index < -0.39 is 86.8 Å². The predicted octanol–water partition coefficient (Wildman–Crippen LogP) is 12.4. The summed E-state index contributed by atoms with van der Waals surface area (Å²) < 4.78 is 22.8. The first-order valence-corrected chi connectivity index (χ1v) is 33.1. The van der Waals surface area contributed by atoms with Crippen molar-refractivity contribution < 1.29 is 64.6 Å². The molecule has 2 rings (SSSR count). The minimum atomic E-state index is -1.79. The Hall–Kier alpha value is -1.53. The van der Waals surface area contributed by atoms with E-state index in [1.54, 1.807) is 6.08 Å². The number of hydrogen-bond acceptors (Lipinski definition) is 13. The van der Waals surface area contributed by atoms with Crippen molar-refractivity contribution in [1.29, 1.82) is 0 Å². The minimum absolute atomic E-state index is 0.245. The summed E-state index contributed by atoms with van der Waals surface area (Å²) >= 11 is 0. The third-order valence-corrected chi connectivity index (χ3v) is 16.4. The maximum Gasteiger partial charge on any atom is 0.220 e. The van der Waals surface area contributed by atoms with E-state index in [4.69, 9.17) is 18.9 Å². The molecule has 14 heteroatoms. The van der Waals surface area contributed by atoms with E-state index in [1.165, 1.54) is 205 Å². The van der Waals surface area contributed by atoms with Crippen molar-refractivity contribution in [1.82, 2.24) is 5.32 Å². The van der Waals surface area contributed by atoms with Gasteiger partial charge in [-0.2, -0.15) is 0 Å². The van der Waals surface area contributed by atoms with Gasteiger partial charge in [-0.25, -0.2) is 0 Å². The summed E-state index contributed by atoms with van der Waals surface area (Å²) in [4.78, 5) is 13.2. The zero-order valence-corrected chi connectivity index (χ0v) is 50.4. The smallest absolute Gasteiger partial charge is 0.220 e. The number of aliphatic hydroxyl groups is 8. The van der Waals surface area contributed by atoms with Gasteiger partial charge in [0.2, 0.25) is 5.91 Å². The molecule has 9 N–H and O–H groups in total. The van der Waals surface area contributed by atoms with E-state index in [9.17, 15) is 45.6 Å². The lowest BCUT2D eigenvalue weighted by molar-refractivity contribution is -0.359. The van der Waals surface area contributed by atoms with Gasteiger partial charge >= 0.3 is 0 Å². The molecule has 0 bridgehead atoms. The van der Waals surface area contributed by atoms with Crippen LogP contribution >= 0.6 is 0 Å². The summed E-state index contributed by atoms with van der Waals surface area (Å²) in [5.41, 5.74) is 0. The van der Waals surface area contributed by atoms with E-state index in [0.29, 0.717) is 6.42 Å². The molecule has 1 amide bonds. The second kappa shape index (κ2) is 50.9. The van der Waals surface area contributed by atoms with Gasteiger partial charge < -0.3 is 65.1 Å². The highest BCUT2D eigenvalue weighted by atomic mass is 16.7. The number of ether oxygens (including phenoxy) is 4. The molecule has 0 aromatic carbocycles. The van der Waals surface area contributed by atoms with E-state index in [-0.39, 0.29) is 18.9 Å². The fraction of sp³-hybridized carbons (Fsp3) is 0.923. The average Bonchev–Trinajstić information content (AvgIpc) is 3.48. The fourth-order valence-corrected chi connectivity index (χ4v) is 11.1. The highest BCUT2D eigenvalue weighted by Crippen LogP contribution is 2.30. The Balaban J connectivity index is 1.66. The van der Waals surface area contributed by atoms with E-state index in [0.717, 1.165) is 57.8 Å². The molecular formula is C65H123NO13. The van der Waals surface area contributed by atoms with Crippen LogP contribution in [-0.2, 0) is 23.7 Å². The van der Waals surface area contributed by atoms with Crippen molar-refractivity contribution in [2.45, 2.75) is 364 Å². The summed E-state index contributed by atoms with van der Waals surface area (Å²) in [5, 5.41) is 87.2. The fourth-order valence-electron chi connectivity index (χ4n) is 11.1. The van der Waals surface area contributed by atoms with E-state index >= 15 is 0 Å². The van der Waals surface area contributed by atoms with Crippen molar-refractivity contribution in [3.05, 3.63) is 24.3 Å². The SMILES string of the molecule is CCCCCCC/C=C\CCCCCCCC(=O)NC(COC1OC(CO)C(OC2OC(CO)C(O)C(O)C2O)C(O)C1O)C(O)/C=C/CCCCCCCCCCCCCCCCCCCCCCCCCCCCCCC. The molecule has 0 aromatic rings. The lowest BCUT2D eigenvalue weighted by Gasteiger charge is -2.46. The number of rotatable bonds is 54. The topological polar surface area (TPSA) is 228 Å². The number of carbonyl (C=O) groups excluding carboxylic acids is 1. The molecule has 12 unspecified atom stereocenters. The van der Waals surface area contributed by atoms with Crippen LogP contribution in [0.3, 0.4) is 0 Å². The first-order valence-electron chi connectivity index (χ1n) is 33.1. The van der Waals surface area contributed by atoms with Crippen LogP contribution in [0.25, 0.3) is 0 Å². The summed E-state index contributed by atoms with van der Waals surface area (Å²) in [5.74, 6) is -0.245. The molecule has 0 spiro atoms. The van der Waals surface area contributed by atoms with E-state index in [2.05, 4.69) is 31.3 Å². The van der Waals surface area contributed by atoms with Crippen molar-refractivity contribution in [2.24, 2.45) is 0 Å². The van der Waals surface area contributed by atoms with Crippen molar-refractivity contribution >= 4 is 5.91 Å². The number of allylic oxidation sites excluding steroid dienone is 3. The van der Waals surface area contributed by atoms with Crippen LogP contribution in [0.1, 0.15) is 290 Å². The lowest BCUT2D eigenvalue weighted by atomic mass is 9.97. The second-order valence-electron chi connectivity index (χ2n) is 23.6. The number of amides is 1. The van der Waals surface area contributed by atoms with Crippen LogP contribution in [0.15, 0.2) is 24.3 Å². The van der Waals surface area contributed by atoms with Crippen LogP contribution in [-0.4, -0.2) is 140 Å². The summed E-state index contributed by atoms with van der Waals surface area (Å²) in [6.07, 6.45) is 45.3. The summed E-state index contributed by atoms with van der Waals surface area (Å²) in [6.45, 7) is 2.81. The van der Waals surface area contributed by atoms with Gasteiger partial charge in [-0.15, -0.1) is 0 Å². The minimum Gasteiger partial charge on any atom is -0.394 e. The van der Waals surface area contributed by atoms with E-state index in [1.807, 2.05) is 6.08 Å². The standard InChI is InChI=1S/C65H123NO13/c1-3-5-7-9-11-13-15-17-19-20-21-22-23-24-25-26-27-28-29-30-31-32-33-34-35-36-38-40-42-44-46-48-54(69)53(66-57(70)49-47-45-43-41-39-37-18-16-14-12-10-8-6-4-2)52-76-64-62(75)60(73)63(56(51-68)78-64)79-65-61(74)59(72)58(71)55(50-67)77-65/h16,18,46,48,53-56,58-65,67-69,71-75H,3-15,17,19-45,47,49-52H2,1-2H3,(H,66,70)/b18-16-,48-46+. The predicted molar refractivity (Wildman–Crippen MR) is 318 cm³/mol. The molecule has 0 saturated carbocycles. The van der Waals surface area contributed by atoms with Crippen molar-refractivity contribution in [3.8, 4) is 0 Å². The third-order valence-electron chi connectivity index (χ3n) is 16.4. The van der Waals surface area contributed by atoms with Crippen molar-refractivity contribution in [2.75, 3.05) is 19.8 Å². The number of unbranched alkanes of at least 4 members (excludes halogenated alkanes) is 39. The number of carbonyl (C=O) groups is 1. The molecule has 79 heavy (non-hydrogen) atoms.